The predicted octanol–water partition coefficient (Wildman–Crippen LogP) is 6.09. The molecule has 0 bridgehead atoms. The van der Waals surface area contributed by atoms with E-state index in [9.17, 15) is 4.79 Å². The van der Waals surface area contributed by atoms with Crippen molar-refractivity contribution < 1.29 is 9.28 Å². The summed E-state index contributed by atoms with van der Waals surface area (Å²) in [7, 11) is 0. The maximum absolute atomic E-state index is 12.6. The lowest BCUT2D eigenvalue weighted by atomic mass is 10.1. The summed E-state index contributed by atoms with van der Waals surface area (Å²) in [5.41, 5.74) is 2.77. The van der Waals surface area contributed by atoms with E-state index in [0.717, 1.165) is 56.6 Å². The molecule has 3 heteroatoms. The maximum Gasteiger partial charge on any atom is 0.222 e. The SMILES string of the molecule is CCCCCCCCCCCC(=O)N1CC[N+](CC)(Cc2cccc(C)c2)CC1. The molecule has 0 aromatic heterocycles. The van der Waals surface area contributed by atoms with E-state index in [1.54, 1.807) is 0 Å². The van der Waals surface area contributed by atoms with Gasteiger partial charge in [0.25, 0.3) is 0 Å². The van der Waals surface area contributed by atoms with Crippen LogP contribution in [0.5, 0.6) is 0 Å². The number of nitrogens with zero attached hydrogens (tertiary/aromatic N) is 2. The molecule has 0 N–H and O–H groups in total. The van der Waals surface area contributed by atoms with Gasteiger partial charge in [-0.25, -0.2) is 0 Å². The summed E-state index contributed by atoms with van der Waals surface area (Å²) in [4.78, 5) is 14.8. The summed E-state index contributed by atoms with van der Waals surface area (Å²) in [6.45, 7) is 13.0. The number of carbonyl (C=O) groups excluding carboxylic acids is 1. The van der Waals surface area contributed by atoms with E-state index in [1.165, 1.54) is 62.5 Å². The van der Waals surface area contributed by atoms with E-state index in [2.05, 4.69) is 49.9 Å². The number of quaternary nitrogens is 1. The second kappa shape index (κ2) is 13.1. The van der Waals surface area contributed by atoms with Crippen molar-refractivity contribution >= 4 is 5.91 Å². The topological polar surface area (TPSA) is 20.3 Å². The summed E-state index contributed by atoms with van der Waals surface area (Å²) in [5, 5.41) is 0. The molecule has 1 aliphatic heterocycles. The summed E-state index contributed by atoms with van der Waals surface area (Å²) in [6, 6.07) is 8.91. The van der Waals surface area contributed by atoms with Gasteiger partial charge in [-0.3, -0.25) is 4.79 Å². The number of piperazine rings is 1. The molecule has 1 saturated heterocycles. The van der Waals surface area contributed by atoms with Gasteiger partial charge in [0, 0.05) is 12.0 Å². The highest BCUT2D eigenvalue weighted by molar-refractivity contribution is 5.76. The number of aryl methyl sites for hydroxylation is 1. The molecule has 0 radical (unpaired) electrons. The van der Waals surface area contributed by atoms with Gasteiger partial charge in [0.15, 0.2) is 0 Å². The van der Waals surface area contributed by atoms with Crippen molar-refractivity contribution in [2.75, 3.05) is 32.7 Å². The minimum Gasteiger partial charge on any atom is -0.331 e. The van der Waals surface area contributed by atoms with E-state index in [1.807, 2.05) is 0 Å². The number of rotatable bonds is 13. The van der Waals surface area contributed by atoms with Crippen molar-refractivity contribution in [2.24, 2.45) is 0 Å². The zero-order valence-corrected chi connectivity index (χ0v) is 19.4. The summed E-state index contributed by atoms with van der Waals surface area (Å²) >= 11 is 0. The van der Waals surface area contributed by atoms with Crippen LogP contribution in [0.1, 0.15) is 89.2 Å². The number of hydrogen-bond acceptors (Lipinski definition) is 1. The lowest BCUT2D eigenvalue weighted by molar-refractivity contribution is -0.942. The molecular weight excluding hydrogens is 356 g/mol. The maximum atomic E-state index is 12.6. The summed E-state index contributed by atoms with van der Waals surface area (Å²) in [6.07, 6.45) is 12.5. The van der Waals surface area contributed by atoms with Crippen LogP contribution in [0.2, 0.25) is 0 Å². The quantitative estimate of drug-likeness (QED) is 0.289. The van der Waals surface area contributed by atoms with E-state index < -0.39 is 0 Å². The molecule has 1 aromatic rings. The molecule has 0 atom stereocenters. The zero-order chi connectivity index (χ0) is 21.0. The van der Waals surface area contributed by atoms with Gasteiger partial charge in [-0.15, -0.1) is 0 Å². The van der Waals surface area contributed by atoms with Crippen molar-refractivity contribution in [3.05, 3.63) is 35.4 Å². The smallest absolute Gasteiger partial charge is 0.222 e. The number of hydrogen-bond donors (Lipinski definition) is 0. The Bertz CT molecular complexity index is 590. The molecule has 0 aliphatic carbocycles. The number of amides is 1. The van der Waals surface area contributed by atoms with Gasteiger partial charge >= 0.3 is 0 Å². The third-order valence-electron chi connectivity index (χ3n) is 6.81. The number of benzene rings is 1. The minimum absolute atomic E-state index is 0.386. The standard InChI is InChI=1S/C26H45N2O/c1-4-6-7-8-9-10-11-12-13-17-26(29)27-18-20-28(5-2,21-19-27)23-25-16-14-15-24(3)22-25/h14-16,22H,4-13,17-21,23H2,1-3H3/q+1. The summed E-state index contributed by atoms with van der Waals surface area (Å²) < 4.78 is 1.12. The van der Waals surface area contributed by atoms with Crippen LogP contribution in [0.3, 0.4) is 0 Å². The Labute approximate surface area is 180 Å². The summed E-state index contributed by atoms with van der Waals surface area (Å²) in [5.74, 6) is 0.386. The number of unbranched alkanes of at least 4 members (excludes halogenated alkanes) is 8. The molecule has 0 unspecified atom stereocenters. The Hall–Kier alpha value is -1.35. The second-order valence-electron chi connectivity index (χ2n) is 9.21. The highest BCUT2D eigenvalue weighted by Gasteiger charge is 2.33. The lowest BCUT2D eigenvalue weighted by Gasteiger charge is -2.44. The third kappa shape index (κ3) is 8.50. The normalized spacial score (nSPS) is 16.2. The Balaban J connectivity index is 1.64. The number of carbonyl (C=O) groups is 1. The number of likely N-dealkylation sites (N-methyl/N-ethyl adjacent to an activating group) is 1. The van der Waals surface area contributed by atoms with Gasteiger partial charge in [0.1, 0.15) is 6.54 Å². The van der Waals surface area contributed by atoms with Crippen LogP contribution < -0.4 is 0 Å². The van der Waals surface area contributed by atoms with E-state index >= 15 is 0 Å². The Morgan fingerprint density at radius 3 is 2.14 bits per heavy atom. The molecule has 3 nitrogen and oxygen atoms in total. The lowest BCUT2D eigenvalue weighted by Crippen LogP contribution is -2.59. The highest BCUT2D eigenvalue weighted by Crippen LogP contribution is 2.20. The molecule has 29 heavy (non-hydrogen) atoms. The van der Waals surface area contributed by atoms with Gasteiger partial charge in [-0.1, -0.05) is 88.1 Å². The monoisotopic (exact) mass is 401 g/mol. The first-order valence-corrected chi connectivity index (χ1v) is 12.3. The van der Waals surface area contributed by atoms with Crippen molar-refractivity contribution in [1.82, 2.24) is 4.90 Å². The molecular formula is C26H45N2O+. The molecule has 0 saturated carbocycles. The minimum atomic E-state index is 0.386. The van der Waals surface area contributed by atoms with Crippen LogP contribution in [0.4, 0.5) is 0 Å². The van der Waals surface area contributed by atoms with Crippen molar-refractivity contribution in [1.29, 1.82) is 0 Å². The largest absolute Gasteiger partial charge is 0.331 e. The molecule has 1 aliphatic rings. The van der Waals surface area contributed by atoms with Gasteiger partial charge in [0.2, 0.25) is 5.91 Å². The van der Waals surface area contributed by atoms with Crippen LogP contribution in [-0.4, -0.2) is 48.0 Å². The van der Waals surface area contributed by atoms with Gasteiger partial charge in [-0.2, -0.15) is 0 Å². The Morgan fingerprint density at radius 2 is 1.55 bits per heavy atom. The van der Waals surface area contributed by atoms with E-state index in [-0.39, 0.29) is 0 Å². The van der Waals surface area contributed by atoms with Crippen LogP contribution in [0, 0.1) is 6.92 Å². The van der Waals surface area contributed by atoms with Crippen LogP contribution in [-0.2, 0) is 11.3 Å². The van der Waals surface area contributed by atoms with Crippen molar-refractivity contribution in [2.45, 2.75) is 91.5 Å². The third-order valence-corrected chi connectivity index (χ3v) is 6.81. The fourth-order valence-electron chi connectivity index (χ4n) is 4.67. The Kier molecular flexibility index (Phi) is 10.8. The van der Waals surface area contributed by atoms with E-state index in [4.69, 9.17) is 0 Å². The van der Waals surface area contributed by atoms with Crippen molar-refractivity contribution in [3.8, 4) is 0 Å². The first-order chi connectivity index (χ1) is 14.1. The molecule has 1 heterocycles. The van der Waals surface area contributed by atoms with Crippen LogP contribution in [0.25, 0.3) is 0 Å². The van der Waals surface area contributed by atoms with Gasteiger partial charge in [0.05, 0.1) is 32.7 Å². The molecule has 1 aromatic carbocycles. The predicted molar refractivity (Wildman–Crippen MR) is 124 cm³/mol. The molecule has 1 amide bonds. The average molecular weight is 402 g/mol. The molecule has 164 valence electrons. The zero-order valence-electron chi connectivity index (χ0n) is 19.4. The van der Waals surface area contributed by atoms with Crippen LogP contribution >= 0.6 is 0 Å². The molecule has 2 rings (SSSR count). The molecule has 0 spiro atoms. The van der Waals surface area contributed by atoms with Gasteiger partial charge < -0.3 is 9.38 Å². The fraction of sp³-hybridized carbons (Fsp3) is 0.731. The fourth-order valence-corrected chi connectivity index (χ4v) is 4.67. The van der Waals surface area contributed by atoms with Crippen molar-refractivity contribution in [3.63, 3.8) is 0 Å². The highest BCUT2D eigenvalue weighted by atomic mass is 16.2. The average Bonchev–Trinajstić information content (AvgIpc) is 2.73. The first kappa shape index (κ1) is 23.9. The second-order valence-corrected chi connectivity index (χ2v) is 9.21. The Morgan fingerprint density at radius 1 is 0.931 bits per heavy atom. The van der Waals surface area contributed by atoms with E-state index in [0.29, 0.717) is 5.91 Å². The van der Waals surface area contributed by atoms with Crippen LogP contribution in [0.15, 0.2) is 24.3 Å². The molecule has 1 fully saturated rings. The van der Waals surface area contributed by atoms with Gasteiger partial charge in [-0.05, 0) is 20.3 Å². The first-order valence-electron chi connectivity index (χ1n) is 12.3.